The van der Waals surface area contributed by atoms with Gasteiger partial charge < -0.3 is 19.1 Å². The summed E-state index contributed by atoms with van der Waals surface area (Å²) >= 11 is 0. The van der Waals surface area contributed by atoms with Gasteiger partial charge in [-0.25, -0.2) is 4.98 Å². The molecule has 0 unspecified atom stereocenters. The van der Waals surface area contributed by atoms with Crippen molar-refractivity contribution in [2.75, 3.05) is 9.80 Å². The Morgan fingerprint density at radius 2 is 1.18 bits per heavy atom. The third kappa shape index (κ3) is 8.83. The van der Waals surface area contributed by atoms with Crippen LogP contribution < -0.4 is 14.5 Å². The molecule has 0 fully saturated rings. The number of anilines is 4. The molecule has 12 rings (SSSR count). The molecule has 0 atom stereocenters. The van der Waals surface area contributed by atoms with Crippen LogP contribution in [0.4, 0.5) is 22.7 Å². The number of aromatic nitrogens is 2. The van der Waals surface area contributed by atoms with Crippen molar-refractivity contribution in [1.82, 2.24) is 9.55 Å². The molecule has 1 aliphatic rings. The van der Waals surface area contributed by atoms with Crippen LogP contribution in [-0.2, 0) is 31.9 Å². The largest absolute Gasteiger partial charge is 0.509 e. The molecular weight excluding hydrogens is 1070 g/mol. The second-order valence-electron chi connectivity index (χ2n) is 19.8. The summed E-state index contributed by atoms with van der Waals surface area (Å²) in [4.78, 5) is 9.10. The SMILES string of the molecule is [2H]c1c([2H])c([2H])c(-c2cccc(-c3cccc(C(C)(C)C)c3)c2N2[CH-]N(c3[c-]c(Oc4[c-]c5c(cc4)c4cc(-c6ccccc6)ccc4n5-c4cc(C(C)(C)c5ccccc5)ccn4)ccc3)c3ccccc32)c([2H])c1[2H].[Pt]. The van der Waals surface area contributed by atoms with Crippen molar-refractivity contribution < 1.29 is 32.7 Å². The van der Waals surface area contributed by atoms with Gasteiger partial charge in [-0.2, -0.15) is 12.1 Å². The third-order valence-electron chi connectivity index (χ3n) is 13.9. The Morgan fingerprint density at radius 1 is 0.521 bits per heavy atom. The van der Waals surface area contributed by atoms with E-state index in [4.69, 9.17) is 16.6 Å². The first-order valence-corrected chi connectivity index (χ1v) is 24.3. The van der Waals surface area contributed by atoms with E-state index in [9.17, 15) is 0 Å². The average molecular weight is 1130 g/mol. The molecule has 0 N–H and O–H groups in total. The molecule has 73 heavy (non-hydrogen) atoms. The minimum atomic E-state index is -0.441. The Kier molecular flexibility index (Phi) is 11.0. The van der Waals surface area contributed by atoms with Gasteiger partial charge in [-0.3, -0.25) is 0 Å². The molecule has 2 aromatic heterocycles. The Balaban J connectivity index is 0.00000645. The first-order valence-electron chi connectivity index (χ1n) is 26.8. The number of fused-ring (bicyclic) bond motifs is 4. The molecule has 11 aromatic rings. The molecular formula is C67H53N4OPt-3. The molecule has 0 bridgehead atoms. The minimum Gasteiger partial charge on any atom is -0.509 e. The number of nitrogens with zero attached hydrogens (tertiary/aromatic N) is 4. The van der Waals surface area contributed by atoms with Crippen molar-refractivity contribution in [2.45, 2.75) is 45.4 Å². The molecule has 3 heterocycles. The maximum Gasteiger partial charge on any atom is 0.135 e. The third-order valence-corrected chi connectivity index (χ3v) is 13.9. The van der Waals surface area contributed by atoms with Crippen LogP contribution in [0.5, 0.6) is 11.5 Å². The fraction of sp³-hybridized carbons (Fsp3) is 0.104. The molecule has 0 aliphatic carbocycles. The average Bonchev–Trinajstić information content (AvgIpc) is 4.23. The summed E-state index contributed by atoms with van der Waals surface area (Å²) in [5, 5.41) is 2.08. The molecule has 0 amide bonds. The molecule has 0 saturated carbocycles. The maximum absolute atomic E-state index is 9.16. The van der Waals surface area contributed by atoms with E-state index in [0.717, 1.165) is 72.4 Å². The van der Waals surface area contributed by atoms with Crippen molar-refractivity contribution in [3.8, 4) is 50.7 Å². The van der Waals surface area contributed by atoms with Crippen LogP contribution in [-0.4, -0.2) is 9.55 Å². The number of rotatable bonds is 10. The summed E-state index contributed by atoms with van der Waals surface area (Å²) < 4.78 is 53.1. The second-order valence-corrected chi connectivity index (χ2v) is 19.8. The van der Waals surface area contributed by atoms with Gasteiger partial charge in [-0.05, 0) is 80.1 Å². The van der Waals surface area contributed by atoms with E-state index >= 15 is 0 Å². The van der Waals surface area contributed by atoms with E-state index in [1.54, 1.807) is 0 Å². The van der Waals surface area contributed by atoms with Crippen LogP contribution >= 0.6 is 0 Å². The predicted molar refractivity (Wildman–Crippen MR) is 298 cm³/mol. The zero-order valence-corrected chi connectivity index (χ0v) is 43.3. The summed E-state index contributed by atoms with van der Waals surface area (Å²) in [6, 6.07) is 69.3. The van der Waals surface area contributed by atoms with Gasteiger partial charge in [0, 0.05) is 77.9 Å². The normalized spacial score (nSPS) is 13.5. The number of pyridine rings is 1. The van der Waals surface area contributed by atoms with Crippen molar-refractivity contribution in [2.24, 2.45) is 0 Å². The first-order chi connectivity index (χ1) is 37.2. The molecule has 360 valence electrons. The summed E-state index contributed by atoms with van der Waals surface area (Å²) in [6.45, 7) is 13.0. The number of benzene rings is 9. The van der Waals surface area contributed by atoms with E-state index in [0.29, 0.717) is 28.4 Å². The van der Waals surface area contributed by atoms with E-state index in [2.05, 4.69) is 159 Å². The van der Waals surface area contributed by atoms with E-state index in [-0.39, 0.29) is 49.5 Å². The molecule has 5 nitrogen and oxygen atoms in total. The monoisotopic (exact) mass is 1130 g/mol. The van der Waals surface area contributed by atoms with Crippen LogP contribution in [0.2, 0.25) is 0 Å². The molecule has 0 saturated heterocycles. The van der Waals surface area contributed by atoms with Gasteiger partial charge in [0.15, 0.2) is 0 Å². The molecule has 6 heteroatoms. The predicted octanol–water partition coefficient (Wildman–Crippen LogP) is 17.6. The van der Waals surface area contributed by atoms with Crippen LogP contribution in [0.1, 0.15) is 58.2 Å². The zero-order chi connectivity index (χ0) is 53.3. The maximum atomic E-state index is 9.16. The van der Waals surface area contributed by atoms with E-state index in [1.165, 1.54) is 5.56 Å². The second kappa shape index (κ2) is 19.2. The van der Waals surface area contributed by atoms with E-state index in [1.807, 2.05) is 103 Å². The van der Waals surface area contributed by atoms with E-state index < -0.39 is 18.1 Å². The Hall–Kier alpha value is -7.98. The Bertz CT molecular complexity index is 4070. The number of para-hydroxylation sites is 3. The van der Waals surface area contributed by atoms with Gasteiger partial charge >= 0.3 is 0 Å². The number of hydrogen-bond acceptors (Lipinski definition) is 4. The van der Waals surface area contributed by atoms with Crippen molar-refractivity contribution in [1.29, 1.82) is 0 Å². The van der Waals surface area contributed by atoms with Crippen LogP contribution in [0.3, 0.4) is 0 Å². The number of ether oxygens (including phenoxy) is 1. The van der Waals surface area contributed by atoms with Crippen molar-refractivity contribution in [3.05, 3.63) is 260 Å². The first kappa shape index (κ1) is 41.6. The summed E-state index contributed by atoms with van der Waals surface area (Å²) in [6.07, 6.45) is 1.89. The molecule has 1 aliphatic heterocycles. The Morgan fingerprint density at radius 3 is 1.95 bits per heavy atom. The fourth-order valence-corrected chi connectivity index (χ4v) is 10.00. The van der Waals surface area contributed by atoms with Crippen molar-refractivity contribution in [3.63, 3.8) is 0 Å². The quantitative estimate of drug-likeness (QED) is 0.128. The van der Waals surface area contributed by atoms with Crippen LogP contribution in [0, 0.1) is 18.8 Å². The fourth-order valence-electron chi connectivity index (χ4n) is 10.00. The molecule has 0 radical (unpaired) electrons. The number of hydrogen-bond donors (Lipinski definition) is 0. The van der Waals surface area contributed by atoms with Gasteiger partial charge in [0.1, 0.15) is 5.82 Å². The Labute approximate surface area is 450 Å². The van der Waals surface area contributed by atoms with Gasteiger partial charge in [-0.15, -0.1) is 48.1 Å². The smallest absolute Gasteiger partial charge is 0.135 e. The van der Waals surface area contributed by atoms with Gasteiger partial charge in [0.2, 0.25) is 0 Å². The summed E-state index contributed by atoms with van der Waals surface area (Å²) in [7, 11) is 0. The van der Waals surface area contributed by atoms with Crippen LogP contribution in [0.25, 0.3) is 61.0 Å². The van der Waals surface area contributed by atoms with Gasteiger partial charge in [0.05, 0.1) is 6.85 Å². The molecule has 0 spiro atoms. The standard InChI is InChI=1S/C67H53N4O.Pt/c1-66(2,3)51-27-17-24-49(40-51)57-31-19-30-56(47-22-11-7-12-23-47)65(57)70-45-69(61-32-15-16-33-62(61)70)53-28-18-29-54(43-53)72-55-35-36-58-59-41-48(46-20-9-6-10-21-46)34-37-60(59)71(63(58)44-55)64-42-52(38-39-68-64)67(4,5)50-25-13-8-14-26-50;/h6-42,45H,1-5H3;/q-3;/i7D,11D,12D,22D,23D;. The van der Waals surface area contributed by atoms with Crippen molar-refractivity contribution >= 4 is 44.6 Å². The molecule has 9 aromatic carbocycles. The zero-order valence-electron chi connectivity index (χ0n) is 46.1. The van der Waals surface area contributed by atoms with Crippen LogP contribution in [0.15, 0.2) is 224 Å². The minimum absolute atomic E-state index is 0. The van der Waals surface area contributed by atoms with Gasteiger partial charge in [-0.1, -0.05) is 198 Å². The summed E-state index contributed by atoms with van der Waals surface area (Å²) in [5.41, 5.74) is 12.5. The van der Waals surface area contributed by atoms with Gasteiger partial charge in [0.25, 0.3) is 0 Å². The topological polar surface area (TPSA) is 33.5 Å². The summed E-state index contributed by atoms with van der Waals surface area (Å²) in [5.74, 6) is 1.74.